The van der Waals surface area contributed by atoms with Crippen molar-refractivity contribution in [1.82, 2.24) is 9.71 Å². The van der Waals surface area contributed by atoms with Gasteiger partial charge in [0.05, 0.1) is 16.0 Å². The van der Waals surface area contributed by atoms with Gasteiger partial charge in [0.2, 0.25) is 10.0 Å². The molecular formula is C14H19N3O2S2. The maximum Gasteiger partial charge on any atom is 0.213 e. The third kappa shape index (κ3) is 3.93. The summed E-state index contributed by atoms with van der Waals surface area (Å²) >= 11 is 1.54. The number of anilines is 1. The van der Waals surface area contributed by atoms with Crippen LogP contribution in [0.5, 0.6) is 0 Å². The number of thiazole rings is 1. The van der Waals surface area contributed by atoms with E-state index in [2.05, 4.69) is 15.0 Å². The first-order chi connectivity index (χ1) is 10.1. The summed E-state index contributed by atoms with van der Waals surface area (Å²) in [6.07, 6.45) is 3.52. The third-order valence-electron chi connectivity index (χ3n) is 3.76. The number of hydrogen-bond donors (Lipinski definition) is 2. The lowest BCUT2D eigenvalue weighted by Gasteiger charge is -2.25. The Balaban J connectivity index is 1.48. The van der Waals surface area contributed by atoms with E-state index in [-0.39, 0.29) is 5.75 Å². The largest absolute Gasteiger partial charge is 0.360 e. The molecule has 1 aliphatic rings. The second-order valence-corrected chi connectivity index (χ2v) is 8.33. The van der Waals surface area contributed by atoms with Gasteiger partial charge in [-0.25, -0.2) is 18.1 Å². The van der Waals surface area contributed by atoms with Crippen LogP contribution in [0.2, 0.25) is 0 Å². The lowest BCUT2D eigenvalue weighted by molar-refractivity contribution is 0.316. The first-order valence-electron chi connectivity index (χ1n) is 7.19. The van der Waals surface area contributed by atoms with Gasteiger partial charge in [-0.2, -0.15) is 0 Å². The highest BCUT2D eigenvalue weighted by Gasteiger charge is 2.20. The zero-order chi connectivity index (χ0) is 14.7. The van der Waals surface area contributed by atoms with Crippen molar-refractivity contribution < 1.29 is 8.42 Å². The van der Waals surface area contributed by atoms with E-state index < -0.39 is 10.0 Å². The second kappa shape index (κ2) is 6.29. The van der Waals surface area contributed by atoms with Crippen molar-refractivity contribution >= 4 is 36.7 Å². The van der Waals surface area contributed by atoms with Gasteiger partial charge < -0.3 is 5.32 Å². The zero-order valence-electron chi connectivity index (χ0n) is 11.7. The Morgan fingerprint density at radius 3 is 2.81 bits per heavy atom. The van der Waals surface area contributed by atoms with E-state index >= 15 is 0 Å². The monoisotopic (exact) mass is 325 g/mol. The van der Waals surface area contributed by atoms with Gasteiger partial charge in [-0.3, -0.25) is 0 Å². The Bertz CT molecular complexity index is 675. The van der Waals surface area contributed by atoms with E-state index in [1.165, 1.54) is 6.42 Å². The van der Waals surface area contributed by atoms with Crippen LogP contribution in [0.3, 0.4) is 0 Å². The summed E-state index contributed by atoms with van der Waals surface area (Å²) in [6, 6.07) is 7.88. The maximum atomic E-state index is 11.9. The number of benzene rings is 1. The molecular weight excluding hydrogens is 306 g/mol. The highest BCUT2D eigenvalue weighted by atomic mass is 32.2. The van der Waals surface area contributed by atoms with Gasteiger partial charge in [0.1, 0.15) is 0 Å². The summed E-state index contributed by atoms with van der Waals surface area (Å²) in [5.74, 6) is 0.618. The van der Waals surface area contributed by atoms with Crippen molar-refractivity contribution in [1.29, 1.82) is 0 Å². The minimum Gasteiger partial charge on any atom is -0.360 e. The molecule has 1 aromatic heterocycles. The number of fused-ring (bicyclic) bond motifs is 1. The molecule has 0 amide bonds. The van der Waals surface area contributed by atoms with Gasteiger partial charge in [0.15, 0.2) is 5.13 Å². The molecule has 0 spiro atoms. The number of nitrogens with one attached hydrogen (secondary N) is 2. The van der Waals surface area contributed by atoms with E-state index in [4.69, 9.17) is 0 Å². The van der Waals surface area contributed by atoms with Crippen LogP contribution in [0.4, 0.5) is 5.13 Å². The minimum atomic E-state index is -3.19. The van der Waals surface area contributed by atoms with Crippen molar-refractivity contribution in [2.45, 2.75) is 19.3 Å². The Morgan fingerprint density at radius 1 is 1.29 bits per heavy atom. The predicted molar refractivity (Wildman–Crippen MR) is 87.2 cm³/mol. The van der Waals surface area contributed by atoms with Crippen molar-refractivity contribution in [3.63, 3.8) is 0 Å². The van der Waals surface area contributed by atoms with Crippen LogP contribution in [0.1, 0.15) is 19.3 Å². The Kier molecular flexibility index (Phi) is 4.42. The number of para-hydroxylation sites is 1. The van der Waals surface area contributed by atoms with Crippen LogP contribution in [-0.2, 0) is 10.0 Å². The van der Waals surface area contributed by atoms with Crippen LogP contribution >= 0.6 is 11.3 Å². The fraction of sp³-hybridized carbons (Fsp3) is 0.500. The van der Waals surface area contributed by atoms with E-state index in [0.717, 1.165) is 28.2 Å². The average Bonchev–Trinajstić information content (AvgIpc) is 2.79. The standard InChI is InChI=1S/C14H19N3O2S2/c18-21(19,16-10-11-4-3-5-11)9-8-15-14-17-12-6-1-2-7-13(12)20-14/h1-2,6-7,11,16H,3-5,8-10H2,(H,15,17). The molecule has 1 saturated carbocycles. The molecule has 1 aliphatic carbocycles. The molecule has 2 N–H and O–H groups in total. The van der Waals surface area contributed by atoms with Crippen LogP contribution in [0.15, 0.2) is 24.3 Å². The number of sulfonamides is 1. The normalized spacial score (nSPS) is 16.0. The molecule has 114 valence electrons. The Hall–Kier alpha value is -1.18. The van der Waals surface area contributed by atoms with Crippen LogP contribution < -0.4 is 10.0 Å². The molecule has 1 aromatic carbocycles. The van der Waals surface area contributed by atoms with E-state index in [9.17, 15) is 8.42 Å². The SMILES string of the molecule is O=S(=O)(CCNc1nc2ccccc2s1)NCC1CCC1. The Labute approximate surface area is 128 Å². The van der Waals surface area contributed by atoms with Crippen molar-refractivity contribution in [3.05, 3.63) is 24.3 Å². The number of rotatable bonds is 7. The van der Waals surface area contributed by atoms with Gasteiger partial charge in [-0.05, 0) is 30.9 Å². The van der Waals surface area contributed by atoms with Crippen LogP contribution in [0.25, 0.3) is 10.2 Å². The first kappa shape index (κ1) is 14.7. The van der Waals surface area contributed by atoms with Crippen LogP contribution in [0, 0.1) is 5.92 Å². The lowest BCUT2D eigenvalue weighted by Crippen LogP contribution is -2.35. The summed E-state index contributed by atoms with van der Waals surface area (Å²) in [5, 5.41) is 3.86. The molecule has 21 heavy (non-hydrogen) atoms. The molecule has 7 heteroatoms. The average molecular weight is 325 g/mol. The highest BCUT2D eigenvalue weighted by Crippen LogP contribution is 2.26. The summed E-state index contributed by atoms with van der Waals surface area (Å²) in [7, 11) is -3.19. The Morgan fingerprint density at radius 2 is 2.10 bits per heavy atom. The minimum absolute atomic E-state index is 0.0790. The predicted octanol–water partition coefficient (Wildman–Crippen LogP) is 2.43. The molecule has 5 nitrogen and oxygen atoms in total. The molecule has 0 atom stereocenters. The molecule has 0 saturated heterocycles. The molecule has 0 aliphatic heterocycles. The molecule has 3 rings (SSSR count). The van der Waals surface area contributed by atoms with Gasteiger partial charge in [0.25, 0.3) is 0 Å². The fourth-order valence-corrected chi connectivity index (χ4v) is 4.15. The zero-order valence-corrected chi connectivity index (χ0v) is 13.3. The van der Waals surface area contributed by atoms with Gasteiger partial charge in [-0.1, -0.05) is 29.9 Å². The summed E-state index contributed by atoms with van der Waals surface area (Å²) in [4.78, 5) is 4.42. The molecule has 0 radical (unpaired) electrons. The second-order valence-electron chi connectivity index (χ2n) is 5.38. The van der Waals surface area contributed by atoms with E-state index in [1.807, 2.05) is 24.3 Å². The summed E-state index contributed by atoms with van der Waals surface area (Å²) in [5.41, 5.74) is 0.941. The van der Waals surface area contributed by atoms with Crippen molar-refractivity contribution in [3.8, 4) is 0 Å². The number of aromatic nitrogens is 1. The maximum absolute atomic E-state index is 11.9. The van der Waals surface area contributed by atoms with E-state index in [0.29, 0.717) is 19.0 Å². The van der Waals surface area contributed by atoms with Crippen LogP contribution in [-0.4, -0.2) is 32.2 Å². The summed E-state index contributed by atoms with van der Waals surface area (Å²) in [6.45, 7) is 0.962. The first-order valence-corrected chi connectivity index (χ1v) is 9.66. The smallest absolute Gasteiger partial charge is 0.213 e. The van der Waals surface area contributed by atoms with Crippen molar-refractivity contribution in [2.24, 2.45) is 5.92 Å². The number of nitrogens with zero attached hydrogens (tertiary/aromatic N) is 1. The molecule has 1 fully saturated rings. The highest BCUT2D eigenvalue weighted by molar-refractivity contribution is 7.89. The molecule has 2 aromatic rings. The van der Waals surface area contributed by atoms with E-state index in [1.54, 1.807) is 11.3 Å². The fourth-order valence-electron chi connectivity index (χ4n) is 2.25. The van der Waals surface area contributed by atoms with Gasteiger partial charge >= 0.3 is 0 Å². The number of hydrogen-bond acceptors (Lipinski definition) is 5. The third-order valence-corrected chi connectivity index (χ3v) is 6.10. The lowest BCUT2D eigenvalue weighted by atomic mass is 9.86. The topological polar surface area (TPSA) is 71.1 Å². The molecule has 1 heterocycles. The van der Waals surface area contributed by atoms with Gasteiger partial charge in [0, 0.05) is 13.1 Å². The summed E-state index contributed by atoms with van der Waals surface area (Å²) < 4.78 is 27.5. The quantitative estimate of drug-likeness (QED) is 0.820. The molecule has 0 bridgehead atoms. The molecule has 0 unspecified atom stereocenters. The van der Waals surface area contributed by atoms with Crippen molar-refractivity contribution in [2.75, 3.05) is 24.2 Å². The van der Waals surface area contributed by atoms with Gasteiger partial charge in [-0.15, -0.1) is 0 Å².